The van der Waals surface area contributed by atoms with Crippen LogP contribution in [0.2, 0.25) is 0 Å². The third kappa shape index (κ3) is 4.12. The maximum absolute atomic E-state index is 12.5. The molecule has 6 heteroatoms. The van der Waals surface area contributed by atoms with Crippen molar-refractivity contribution in [2.45, 2.75) is 32.2 Å². The highest BCUT2D eigenvalue weighted by Crippen LogP contribution is 2.16. The Labute approximate surface area is 134 Å². The van der Waals surface area contributed by atoms with Gasteiger partial charge in [-0.1, -0.05) is 25.1 Å². The van der Waals surface area contributed by atoms with Gasteiger partial charge < -0.3 is 11.1 Å². The van der Waals surface area contributed by atoms with Gasteiger partial charge in [0.05, 0.1) is 11.1 Å². The molecule has 0 saturated carbocycles. The molecule has 1 heterocycles. The fourth-order valence-electron chi connectivity index (χ4n) is 2.30. The van der Waals surface area contributed by atoms with Gasteiger partial charge in [-0.05, 0) is 18.6 Å². The topological polar surface area (TPSA) is 102 Å². The highest BCUT2D eigenvalue weighted by Gasteiger charge is 2.20. The van der Waals surface area contributed by atoms with Crippen molar-refractivity contribution in [3.63, 3.8) is 0 Å². The van der Waals surface area contributed by atoms with Crippen LogP contribution in [-0.2, 0) is 9.59 Å². The predicted molar refractivity (Wildman–Crippen MR) is 86.7 cm³/mol. The van der Waals surface area contributed by atoms with E-state index < -0.39 is 17.9 Å². The van der Waals surface area contributed by atoms with Crippen LogP contribution in [0.3, 0.4) is 0 Å². The molecule has 1 atom stereocenters. The number of rotatable bonds is 7. The van der Waals surface area contributed by atoms with Gasteiger partial charge >= 0.3 is 0 Å². The first-order valence-electron chi connectivity index (χ1n) is 7.48. The Bertz CT molecular complexity index is 737. The number of nitrogens with one attached hydrogen (secondary N) is 1. The molecule has 0 fully saturated rings. The van der Waals surface area contributed by atoms with Gasteiger partial charge in [0.25, 0.3) is 5.91 Å². The van der Waals surface area contributed by atoms with Crippen molar-refractivity contribution in [2.75, 3.05) is 0 Å². The van der Waals surface area contributed by atoms with Gasteiger partial charge in [-0.3, -0.25) is 19.4 Å². The molecule has 120 valence electrons. The SMILES string of the molecule is CCC(=O)CC[C@H](NC(=O)c1ccnc2ccccc12)C(N)=O. The van der Waals surface area contributed by atoms with Crippen LogP contribution in [0.5, 0.6) is 0 Å². The molecule has 0 aliphatic carbocycles. The highest BCUT2D eigenvalue weighted by atomic mass is 16.2. The van der Waals surface area contributed by atoms with E-state index in [-0.39, 0.29) is 18.6 Å². The quantitative estimate of drug-likeness (QED) is 0.810. The van der Waals surface area contributed by atoms with Crippen LogP contribution in [0.25, 0.3) is 10.9 Å². The first kappa shape index (κ1) is 16.6. The van der Waals surface area contributed by atoms with E-state index in [9.17, 15) is 14.4 Å². The van der Waals surface area contributed by atoms with Crippen molar-refractivity contribution in [1.82, 2.24) is 10.3 Å². The number of nitrogens with zero attached hydrogens (tertiary/aromatic N) is 1. The summed E-state index contributed by atoms with van der Waals surface area (Å²) in [5.41, 5.74) is 6.44. The molecule has 1 aromatic carbocycles. The summed E-state index contributed by atoms with van der Waals surface area (Å²) in [7, 11) is 0. The number of ketones is 1. The van der Waals surface area contributed by atoms with E-state index in [1.807, 2.05) is 12.1 Å². The van der Waals surface area contributed by atoms with Gasteiger partial charge in [-0.2, -0.15) is 0 Å². The number of aromatic nitrogens is 1. The van der Waals surface area contributed by atoms with E-state index in [0.29, 0.717) is 22.9 Å². The first-order chi connectivity index (χ1) is 11.0. The molecule has 0 bridgehead atoms. The number of carbonyl (C=O) groups excluding carboxylic acids is 3. The van der Waals surface area contributed by atoms with Crippen LogP contribution in [0.4, 0.5) is 0 Å². The molecule has 6 nitrogen and oxygen atoms in total. The number of hydrogen-bond acceptors (Lipinski definition) is 4. The van der Waals surface area contributed by atoms with E-state index in [1.165, 1.54) is 6.20 Å². The normalized spacial score (nSPS) is 11.9. The summed E-state index contributed by atoms with van der Waals surface area (Å²) >= 11 is 0. The van der Waals surface area contributed by atoms with Gasteiger partial charge in [0.15, 0.2) is 0 Å². The standard InChI is InChI=1S/C17H19N3O3/c1-2-11(21)7-8-15(16(18)22)20-17(23)13-9-10-19-14-6-4-3-5-12(13)14/h3-6,9-10,15H,2,7-8H2,1H3,(H2,18,22)(H,20,23)/t15-/m0/s1. The summed E-state index contributed by atoms with van der Waals surface area (Å²) in [4.78, 5) is 39.6. The molecule has 0 aliphatic rings. The molecule has 2 aromatic rings. The monoisotopic (exact) mass is 313 g/mol. The van der Waals surface area contributed by atoms with Crippen LogP contribution in [0.1, 0.15) is 36.5 Å². The number of pyridine rings is 1. The zero-order valence-corrected chi connectivity index (χ0v) is 12.9. The fourth-order valence-corrected chi connectivity index (χ4v) is 2.30. The van der Waals surface area contributed by atoms with Crippen LogP contribution in [0.15, 0.2) is 36.5 Å². The number of fused-ring (bicyclic) bond motifs is 1. The zero-order chi connectivity index (χ0) is 16.8. The molecule has 0 saturated heterocycles. The first-order valence-corrected chi connectivity index (χ1v) is 7.48. The van der Waals surface area contributed by atoms with E-state index in [4.69, 9.17) is 5.73 Å². The predicted octanol–water partition coefficient (Wildman–Crippen LogP) is 1.58. The number of benzene rings is 1. The van der Waals surface area contributed by atoms with Crippen LogP contribution in [-0.4, -0.2) is 28.6 Å². The van der Waals surface area contributed by atoms with Crippen molar-refractivity contribution in [3.8, 4) is 0 Å². The molecular formula is C17H19N3O3. The van der Waals surface area contributed by atoms with Gasteiger partial charge in [0, 0.05) is 24.4 Å². The average Bonchev–Trinajstić information content (AvgIpc) is 2.57. The van der Waals surface area contributed by atoms with Crippen LogP contribution < -0.4 is 11.1 Å². The number of hydrogen-bond donors (Lipinski definition) is 2. The average molecular weight is 313 g/mol. The molecule has 2 rings (SSSR count). The molecule has 0 unspecified atom stereocenters. The summed E-state index contributed by atoms with van der Waals surface area (Å²) in [5.74, 6) is -1.03. The maximum atomic E-state index is 12.5. The summed E-state index contributed by atoms with van der Waals surface area (Å²) in [6, 6.07) is 7.96. The second-order valence-corrected chi connectivity index (χ2v) is 5.23. The summed E-state index contributed by atoms with van der Waals surface area (Å²) in [6.07, 6.45) is 2.35. The van der Waals surface area contributed by atoms with Gasteiger partial charge in [-0.25, -0.2) is 0 Å². The minimum absolute atomic E-state index is 0.0276. The van der Waals surface area contributed by atoms with Crippen LogP contribution >= 0.6 is 0 Å². The smallest absolute Gasteiger partial charge is 0.252 e. The molecule has 0 radical (unpaired) electrons. The fraction of sp³-hybridized carbons (Fsp3) is 0.294. The van der Waals surface area contributed by atoms with Crippen molar-refractivity contribution in [1.29, 1.82) is 0 Å². The zero-order valence-electron chi connectivity index (χ0n) is 12.9. The van der Waals surface area contributed by atoms with Crippen molar-refractivity contribution < 1.29 is 14.4 Å². The van der Waals surface area contributed by atoms with E-state index in [0.717, 1.165) is 0 Å². The Morgan fingerprint density at radius 1 is 1.22 bits per heavy atom. The lowest BCUT2D eigenvalue weighted by atomic mass is 10.0. The lowest BCUT2D eigenvalue weighted by Gasteiger charge is -2.15. The third-order valence-electron chi connectivity index (χ3n) is 3.65. The van der Waals surface area contributed by atoms with E-state index in [1.54, 1.807) is 25.1 Å². The van der Waals surface area contributed by atoms with E-state index in [2.05, 4.69) is 10.3 Å². The second-order valence-electron chi connectivity index (χ2n) is 5.23. The minimum atomic E-state index is -0.870. The molecule has 3 N–H and O–H groups in total. The van der Waals surface area contributed by atoms with Crippen molar-refractivity contribution in [3.05, 3.63) is 42.1 Å². The highest BCUT2D eigenvalue weighted by molar-refractivity contribution is 6.07. The molecule has 2 amide bonds. The van der Waals surface area contributed by atoms with Gasteiger partial charge in [0.2, 0.25) is 5.91 Å². The number of Topliss-reactive ketones (excluding diaryl/α,β-unsaturated/α-hetero) is 1. The third-order valence-corrected chi connectivity index (χ3v) is 3.65. The number of nitrogens with two attached hydrogens (primary N) is 1. The lowest BCUT2D eigenvalue weighted by molar-refractivity contribution is -0.121. The molecule has 0 aliphatic heterocycles. The van der Waals surface area contributed by atoms with Crippen molar-refractivity contribution in [2.24, 2.45) is 5.73 Å². The number of carbonyl (C=O) groups is 3. The summed E-state index contributed by atoms with van der Waals surface area (Å²) in [6.45, 7) is 1.75. The number of amides is 2. The second kappa shape index (κ2) is 7.49. The largest absolute Gasteiger partial charge is 0.368 e. The Morgan fingerprint density at radius 2 is 1.96 bits per heavy atom. The number of para-hydroxylation sites is 1. The summed E-state index contributed by atoms with van der Waals surface area (Å²) in [5, 5.41) is 3.31. The minimum Gasteiger partial charge on any atom is -0.368 e. The van der Waals surface area contributed by atoms with Crippen molar-refractivity contribution >= 4 is 28.5 Å². The van der Waals surface area contributed by atoms with E-state index >= 15 is 0 Å². The molecule has 1 aromatic heterocycles. The Hall–Kier alpha value is -2.76. The number of primary amides is 1. The molecule has 0 spiro atoms. The van der Waals surface area contributed by atoms with Gasteiger partial charge in [-0.15, -0.1) is 0 Å². The van der Waals surface area contributed by atoms with Crippen LogP contribution in [0, 0.1) is 0 Å². The lowest BCUT2D eigenvalue weighted by Crippen LogP contribution is -2.44. The Kier molecular flexibility index (Phi) is 5.41. The Balaban J connectivity index is 2.17. The summed E-state index contributed by atoms with van der Waals surface area (Å²) < 4.78 is 0. The maximum Gasteiger partial charge on any atom is 0.252 e. The Morgan fingerprint density at radius 3 is 2.65 bits per heavy atom. The van der Waals surface area contributed by atoms with Gasteiger partial charge in [0.1, 0.15) is 11.8 Å². The molecule has 23 heavy (non-hydrogen) atoms. The molecular weight excluding hydrogens is 294 g/mol.